The molecule has 0 amide bonds. The van der Waals surface area contributed by atoms with Crippen LogP contribution in [0.25, 0.3) is 0 Å². The molecule has 0 spiro atoms. The zero-order valence-electron chi connectivity index (χ0n) is 9.72. The molecule has 0 radical (unpaired) electrons. The van der Waals surface area contributed by atoms with E-state index in [0.717, 1.165) is 3.57 Å². The van der Waals surface area contributed by atoms with Crippen molar-refractivity contribution in [3.63, 3.8) is 0 Å². The van der Waals surface area contributed by atoms with Crippen LogP contribution in [0.4, 0.5) is 0 Å². The number of halogens is 1. The van der Waals surface area contributed by atoms with Gasteiger partial charge in [-0.1, -0.05) is 38.9 Å². The quantitative estimate of drug-likeness (QED) is 0.604. The van der Waals surface area contributed by atoms with Crippen LogP contribution in [-0.4, -0.2) is 22.4 Å². The summed E-state index contributed by atoms with van der Waals surface area (Å²) in [5, 5.41) is 0. The van der Waals surface area contributed by atoms with Gasteiger partial charge in [0.1, 0.15) is 0 Å². The van der Waals surface area contributed by atoms with Crippen LogP contribution in [0.3, 0.4) is 0 Å². The topological polar surface area (TPSA) is 43.4 Å². The van der Waals surface area contributed by atoms with Gasteiger partial charge in [0.15, 0.2) is 5.78 Å². The Hall–Kier alpha value is -1.56. The molecule has 0 fully saturated rings. The molecule has 2 rings (SSSR count). The first-order chi connectivity index (χ1) is 8.70. The number of carbonyl (C=O) groups excluding carboxylic acids is 2. The molecule has 0 aliphatic heterocycles. The van der Waals surface area contributed by atoms with E-state index < -0.39 is 26.7 Å². The number of methoxy groups -OCH3 is 1. The SMILES string of the molecule is COC(=O)C1=CC(=Ic2ccccc2)C(=O)C=C1. The van der Waals surface area contributed by atoms with Crippen molar-refractivity contribution in [3.05, 3.63) is 57.7 Å². The highest BCUT2D eigenvalue weighted by atomic mass is 127. The van der Waals surface area contributed by atoms with Gasteiger partial charge in [0.05, 0.1) is 16.2 Å². The Labute approximate surface area is 115 Å². The van der Waals surface area contributed by atoms with Gasteiger partial charge in [-0.05, 0) is 30.4 Å². The first kappa shape index (κ1) is 12.9. The number of benzene rings is 1. The average molecular weight is 354 g/mol. The molecule has 0 atom stereocenters. The van der Waals surface area contributed by atoms with Crippen molar-refractivity contribution in [2.45, 2.75) is 0 Å². The molecule has 92 valence electrons. The van der Waals surface area contributed by atoms with Crippen molar-refractivity contribution >= 4 is 36.0 Å². The summed E-state index contributed by atoms with van der Waals surface area (Å²) in [6.45, 7) is 0. The molecule has 1 aliphatic rings. The second-order valence-corrected chi connectivity index (χ2v) is 6.47. The number of allylic oxidation sites excluding steroid dienone is 2. The molecule has 0 N–H and O–H groups in total. The number of ether oxygens (including phenoxy) is 1. The van der Waals surface area contributed by atoms with Crippen molar-refractivity contribution in [2.75, 3.05) is 7.11 Å². The Kier molecular flexibility index (Phi) is 4.19. The second-order valence-electron chi connectivity index (χ2n) is 3.53. The van der Waals surface area contributed by atoms with Gasteiger partial charge in [0.2, 0.25) is 0 Å². The van der Waals surface area contributed by atoms with E-state index in [1.165, 1.54) is 19.3 Å². The molecule has 3 nitrogen and oxygen atoms in total. The van der Waals surface area contributed by atoms with Crippen molar-refractivity contribution in [1.29, 1.82) is 0 Å². The predicted octanol–water partition coefficient (Wildman–Crippen LogP) is 2.24. The van der Waals surface area contributed by atoms with Crippen LogP contribution in [0.2, 0.25) is 0 Å². The molecule has 18 heavy (non-hydrogen) atoms. The largest absolute Gasteiger partial charge is 0.465 e. The lowest BCUT2D eigenvalue weighted by Crippen LogP contribution is -2.14. The molecule has 0 bridgehead atoms. The zero-order chi connectivity index (χ0) is 13.0. The molecule has 0 unspecified atom stereocenters. The smallest absolute Gasteiger partial charge is 0.337 e. The number of carbonyl (C=O) groups is 2. The summed E-state index contributed by atoms with van der Waals surface area (Å²) in [6, 6.07) is 9.83. The van der Waals surface area contributed by atoms with Crippen LogP contribution in [0.5, 0.6) is 0 Å². The first-order valence-corrected chi connectivity index (χ1v) is 7.45. The van der Waals surface area contributed by atoms with Crippen LogP contribution in [0.1, 0.15) is 0 Å². The molecular formula is C14H11IO3. The molecule has 1 aromatic carbocycles. The van der Waals surface area contributed by atoms with Crippen molar-refractivity contribution in [3.8, 4) is 0 Å². The number of hydrogen-bond donors (Lipinski definition) is 0. The van der Waals surface area contributed by atoms with E-state index in [-0.39, 0.29) is 5.78 Å². The van der Waals surface area contributed by atoms with Gasteiger partial charge in [0.25, 0.3) is 0 Å². The minimum Gasteiger partial charge on any atom is -0.465 e. The Balaban J connectivity index is 2.35. The van der Waals surface area contributed by atoms with Crippen LogP contribution in [0, 0.1) is 3.57 Å². The number of ketones is 1. The zero-order valence-corrected chi connectivity index (χ0v) is 11.9. The molecule has 0 saturated carbocycles. The van der Waals surface area contributed by atoms with Gasteiger partial charge in [-0.15, -0.1) is 0 Å². The Morgan fingerprint density at radius 1 is 1.17 bits per heavy atom. The van der Waals surface area contributed by atoms with Gasteiger partial charge >= 0.3 is 5.97 Å². The van der Waals surface area contributed by atoms with Crippen LogP contribution >= 0.6 is 20.7 Å². The molecule has 0 aromatic heterocycles. The van der Waals surface area contributed by atoms with Crippen molar-refractivity contribution < 1.29 is 14.3 Å². The van der Waals surface area contributed by atoms with Gasteiger partial charge in [-0.2, -0.15) is 0 Å². The van der Waals surface area contributed by atoms with E-state index in [4.69, 9.17) is 0 Å². The first-order valence-electron chi connectivity index (χ1n) is 5.30. The maximum Gasteiger partial charge on any atom is 0.337 e. The van der Waals surface area contributed by atoms with E-state index in [1.54, 1.807) is 6.08 Å². The Morgan fingerprint density at radius 2 is 1.89 bits per heavy atom. The fourth-order valence-electron chi connectivity index (χ4n) is 1.41. The van der Waals surface area contributed by atoms with E-state index in [1.807, 2.05) is 30.3 Å². The Bertz CT molecular complexity index is 568. The van der Waals surface area contributed by atoms with Crippen LogP contribution < -0.4 is 0 Å². The summed E-state index contributed by atoms with van der Waals surface area (Å²) in [5.74, 6) is -0.423. The average Bonchev–Trinajstić information content (AvgIpc) is 2.41. The summed E-state index contributed by atoms with van der Waals surface area (Å²) < 4.78 is 6.51. The number of rotatable bonds is 2. The van der Waals surface area contributed by atoms with Gasteiger partial charge in [-0.25, -0.2) is 4.79 Å². The van der Waals surface area contributed by atoms with Crippen LogP contribution in [-0.2, 0) is 14.3 Å². The summed E-state index contributed by atoms with van der Waals surface area (Å²) in [5.41, 5.74) is 0.433. The Morgan fingerprint density at radius 3 is 2.56 bits per heavy atom. The number of esters is 1. The van der Waals surface area contributed by atoms with Crippen molar-refractivity contribution in [2.24, 2.45) is 0 Å². The lowest BCUT2D eigenvalue weighted by Gasteiger charge is -2.06. The summed E-state index contributed by atoms with van der Waals surface area (Å²) in [7, 11) is 1.33. The predicted molar refractivity (Wildman–Crippen MR) is 78.4 cm³/mol. The minimum absolute atomic E-state index is 0.0145. The minimum atomic E-state index is -0.561. The number of hydrogen-bond acceptors (Lipinski definition) is 3. The standard InChI is InChI=1S/C14H11IO3/c1-18-14(17)10-7-8-13(16)12(9-10)15-11-5-3-2-4-6-11/h2-9H,1H3. The lowest BCUT2D eigenvalue weighted by atomic mass is 10.1. The van der Waals surface area contributed by atoms with E-state index in [0.29, 0.717) is 9.08 Å². The third kappa shape index (κ3) is 3.01. The highest BCUT2D eigenvalue weighted by Crippen LogP contribution is 2.18. The monoisotopic (exact) mass is 354 g/mol. The normalized spacial score (nSPS) is 17.1. The van der Waals surface area contributed by atoms with Gasteiger partial charge in [-0.3, -0.25) is 4.79 Å². The third-order valence-corrected chi connectivity index (χ3v) is 5.06. The fraction of sp³-hybridized carbons (Fsp3) is 0.0714. The summed E-state index contributed by atoms with van der Waals surface area (Å²) in [4.78, 5) is 23.2. The fourth-order valence-corrected chi connectivity index (χ4v) is 3.80. The van der Waals surface area contributed by atoms with Gasteiger partial charge in [0, 0.05) is 3.57 Å². The highest BCUT2D eigenvalue weighted by molar-refractivity contribution is 14.2. The third-order valence-electron chi connectivity index (χ3n) is 2.30. The summed E-state index contributed by atoms with van der Waals surface area (Å²) in [6.07, 6.45) is 4.59. The van der Waals surface area contributed by atoms with Gasteiger partial charge < -0.3 is 4.74 Å². The van der Waals surface area contributed by atoms with Crippen LogP contribution in [0.15, 0.2) is 54.1 Å². The summed E-state index contributed by atoms with van der Waals surface area (Å²) >= 11 is -0.561. The molecule has 0 heterocycles. The van der Waals surface area contributed by atoms with E-state index in [2.05, 4.69) is 4.74 Å². The maximum atomic E-state index is 11.8. The molecule has 0 saturated heterocycles. The highest BCUT2D eigenvalue weighted by Gasteiger charge is 2.16. The molecule has 1 aliphatic carbocycles. The molecule has 4 heteroatoms. The van der Waals surface area contributed by atoms with E-state index >= 15 is 0 Å². The van der Waals surface area contributed by atoms with E-state index in [9.17, 15) is 9.59 Å². The maximum absolute atomic E-state index is 11.8. The van der Waals surface area contributed by atoms with Crippen molar-refractivity contribution in [1.82, 2.24) is 0 Å². The lowest BCUT2D eigenvalue weighted by molar-refractivity contribution is -0.135. The molecular weight excluding hydrogens is 343 g/mol. The second kappa shape index (κ2) is 5.86. The molecule has 1 aromatic rings.